The van der Waals surface area contributed by atoms with Gasteiger partial charge in [-0.2, -0.15) is 0 Å². The largest absolute Gasteiger partial charge is 0.429 e. The van der Waals surface area contributed by atoms with E-state index in [-0.39, 0.29) is 25.6 Å². The minimum Gasteiger partial charge on any atom is -0.374 e. The zero-order valence-corrected chi connectivity index (χ0v) is 11.4. The first-order valence-electron chi connectivity index (χ1n) is 3.02. The maximum absolute atomic E-state index is 10.6. The predicted octanol–water partition coefficient (Wildman–Crippen LogP) is 2.05. The van der Waals surface area contributed by atoms with E-state index in [0.29, 0.717) is 0 Å². The minimum absolute atomic E-state index is 0. The van der Waals surface area contributed by atoms with Crippen LogP contribution in [0.4, 0.5) is 4.79 Å². The molecule has 0 unspecified atom stereocenters. The van der Waals surface area contributed by atoms with Gasteiger partial charge in [0.05, 0.1) is 12.0 Å². The Morgan fingerprint density at radius 2 is 2.09 bits per heavy atom. The molecule has 0 aliphatic heterocycles. The van der Waals surface area contributed by atoms with Crippen molar-refractivity contribution in [2.24, 2.45) is 0 Å². The van der Waals surface area contributed by atoms with Crippen molar-refractivity contribution >= 4 is 30.1 Å². The fourth-order valence-electron chi connectivity index (χ4n) is 0.261. The van der Waals surface area contributed by atoms with Crippen molar-refractivity contribution in [1.29, 1.82) is 0 Å². The number of hydrogen-bond donors (Lipinski definition) is 1. The second-order valence-corrected chi connectivity index (χ2v) is 3.36. The predicted molar refractivity (Wildman–Crippen MR) is 45.9 cm³/mol. The molecule has 3 nitrogen and oxygen atoms in total. The van der Waals surface area contributed by atoms with Gasteiger partial charge >= 0.3 is 6.09 Å². The van der Waals surface area contributed by atoms with Crippen molar-refractivity contribution in [2.45, 2.75) is 13.8 Å². The molecule has 0 aliphatic carbocycles. The minimum atomic E-state index is -0.376. The van der Waals surface area contributed by atoms with Gasteiger partial charge in [0.2, 0.25) is 0 Å². The van der Waals surface area contributed by atoms with E-state index in [4.69, 9.17) is 0 Å². The first-order valence-corrected chi connectivity index (χ1v) is 4.92. The van der Waals surface area contributed by atoms with Crippen LogP contribution in [0.15, 0.2) is 0 Å². The first-order chi connectivity index (χ1) is 4.81. The topological polar surface area (TPSA) is 38.3 Å². The van der Waals surface area contributed by atoms with Crippen LogP contribution >= 0.6 is 24.0 Å². The summed E-state index contributed by atoms with van der Waals surface area (Å²) in [6.45, 7) is 3.88. The van der Waals surface area contributed by atoms with E-state index >= 15 is 0 Å². The molecule has 0 rings (SSSR count). The van der Waals surface area contributed by atoms with Gasteiger partial charge < -0.3 is 4.18 Å². The van der Waals surface area contributed by atoms with Crippen LogP contribution in [-0.4, -0.2) is 17.6 Å². The molecule has 0 aromatic rings. The van der Waals surface area contributed by atoms with Gasteiger partial charge in [0, 0.05) is 31.0 Å². The van der Waals surface area contributed by atoms with Crippen LogP contribution in [0.5, 0.6) is 0 Å². The number of amides is 1. The number of carbonyl (C=O) groups is 1. The molecule has 0 aromatic heterocycles. The molecule has 0 spiro atoms. The van der Waals surface area contributed by atoms with Gasteiger partial charge in [0.25, 0.3) is 0 Å². The third-order valence-corrected chi connectivity index (χ3v) is 1.66. The molecule has 0 aromatic carbocycles. The Balaban J connectivity index is 0. The number of carbonyl (C=O) groups excluding carboxylic acids is 1. The molecule has 1 amide bonds. The Hall–Kier alpha value is 0.593. The van der Waals surface area contributed by atoms with E-state index < -0.39 is 0 Å². The first kappa shape index (κ1) is 14.1. The molecule has 11 heavy (non-hydrogen) atoms. The number of hydrogen-bond acceptors (Lipinski definition) is 4. The van der Waals surface area contributed by atoms with Crippen LogP contribution in [0.2, 0.25) is 0 Å². The van der Waals surface area contributed by atoms with E-state index in [1.807, 2.05) is 13.8 Å². The zero-order valence-electron chi connectivity index (χ0n) is 6.75. The monoisotopic (exact) mass is 245 g/mol. The van der Waals surface area contributed by atoms with Gasteiger partial charge in [-0.15, -0.1) is 0 Å². The average Bonchev–Trinajstić information content (AvgIpc) is 1.97. The maximum atomic E-state index is 10.6. The van der Waals surface area contributed by atoms with Crippen LogP contribution in [0.3, 0.4) is 0 Å². The summed E-state index contributed by atoms with van der Waals surface area (Å²) in [6, 6.07) is 0. The molecule has 0 radical (unpaired) electrons. The molecule has 0 fully saturated rings. The van der Waals surface area contributed by atoms with Gasteiger partial charge in [-0.25, -0.2) is 4.79 Å². The summed E-state index contributed by atoms with van der Waals surface area (Å²) in [5, 5.41) is 0. The van der Waals surface area contributed by atoms with E-state index in [1.165, 1.54) is 11.9 Å². The molecule has 1 N–H and O–H groups in total. The maximum Gasteiger partial charge on any atom is 0.429 e. The summed E-state index contributed by atoms with van der Waals surface area (Å²) in [5.74, 6) is 1.64. The van der Waals surface area contributed by atoms with Crippen molar-refractivity contribution in [2.75, 3.05) is 11.5 Å². The normalized spacial score (nSPS) is 8.18. The van der Waals surface area contributed by atoms with Crippen molar-refractivity contribution in [1.82, 2.24) is 4.72 Å². The third-order valence-electron chi connectivity index (χ3n) is 0.552. The molecule has 0 heterocycles. The van der Waals surface area contributed by atoms with Crippen molar-refractivity contribution in [3.63, 3.8) is 0 Å². The van der Waals surface area contributed by atoms with Gasteiger partial charge in [-0.05, 0) is 11.9 Å². The Kier molecular flexibility index (Phi) is 13.6. The standard InChI is InChI=1S/C5H11NO2S2.Zn/c1-3-9-6-5(7)8-10-4-2;/h3-4H2,1-2H3,(H,6,7);. The Morgan fingerprint density at radius 1 is 1.45 bits per heavy atom. The van der Waals surface area contributed by atoms with Gasteiger partial charge in [-0.1, -0.05) is 13.8 Å². The van der Waals surface area contributed by atoms with Crippen LogP contribution in [0, 0.1) is 0 Å². The van der Waals surface area contributed by atoms with Gasteiger partial charge in [0.15, 0.2) is 0 Å². The summed E-state index contributed by atoms with van der Waals surface area (Å²) in [6.07, 6.45) is -0.376. The van der Waals surface area contributed by atoms with Crippen LogP contribution in [-0.2, 0) is 23.7 Å². The van der Waals surface area contributed by atoms with E-state index in [0.717, 1.165) is 23.5 Å². The molecular formula is C5H11NO2S2Zn. The fourth-order valence-corrected chi connectivity index (χ4v) is 0.884. The summed E-state index contributed by atoms with van der Waals surface area (Å²) >= 11 is 2.47. The molecule has 0 bridgehead atoms. The van der Waals surface area contributed by atoms with Crippen molar-refractivity contribution in [3.05, 3.63) is 0 Å². The molecular weight excluding hydrogens is 236 g/mol. The van der Waals surface area contributed by atoms with Crippen molar-refractivity contribution in [3.8, 4) is 0 Å². The molecule has 62 valence electrons. The van der Waals surface area contributed by atoms with Crippen LogP contribution < -0.4 is 4.72 Å². The van der Waals surface area contributed by atoms with Crippen LogP contribution in [0.25, 0.3) is 0 Å². The fraction of sp³-hybridized carbons (Fsp3) is 0.800. The zero-order chi connectivity index (χ0) is 7.82. The van der Waals surface area contributed by atoms with E-state index in [1.54, 1.807) is 0 Å². The van der Waals surface area contributed by atoms with Crippen molar-refractivity contribution < 1.29 is 28.5 Å². The summed E-state index contributed by atoms with van der Waals surface area (Å²) in [5.41, 5.74) is 0. The Bertz CT molecular complexity index is 94.5. The van der Waals surface area contributed by atoms with Gasteiger partial charge in [-0.3, -0.25) is 4.72 Å². The molecule has 0 saturated heterocycles. The molecule has 0 atom stereocenters. The summed E-state index contributed by atoms with van der Waals surface area (Å²) in [7, 11) is 0. The number of rotatable bonds is 4. The summed E-state index contributed by atoms with van der Waals surface area (Å²) < 4.78 is 7.14. The molecule has 0 aliphatic rings. The quantitative estimate of drug-likeness (QED) is 0.468. The average molecular weight is 247 g/mol. The number of nitrogens with one attached hydrogen (secondary N) is 1. The van der Waals surface area contributed by atoms with Gasteiger partial charge in [0.1, 0.15) is 0 Å². The molecule has 6 heteroatoms. The van der Waals surface area contributed by atoms with E-state index in [2.05, 4.69) is 8.91 Å². The third kappa shape index (κ3) is 10.6. The Labute approximate surface area is 88.5 Å². The second-order valence-electron chi connectivity index (χ2n) is 1.31. The Morgan fingerprint density at radius 3 is 2.55 bits per heavy atom. The molecule has 0 saturated carbocycles. The SMILES string of the molecule is CCSNC(=O)OSCC.[Zn]. The second kappa shape index (κ2) is 10.6. The van der Waals surface area contributed by atoms with Crippen LogP contribution in [0.1, 0.15) is 13.8 Å². The van der Waals surface area contributed by atoms with E-state index in [9.17, 15) is 4.79 Å². The smallest absolute Gasteiger partial charge is 0.374 e. The summed E-state index contributed by atoms with van der Waals surface area (Å²) in [4.78, 5) is 10.6.